The van der Waals surface area contributed by atoms with E-state index in [2.05, 4.69) is 59.4 Å². The van der Waals surface area contributed by atoms with E-state index < -0.39 is 0 Å². The number of nitrogens with one attached hydrogen (secondary N) is 1. The van der Waals surface area contributed by atoms with Gasteiger partial charge in [0.15, 0.2) is 0 Å². The molecule has 0 spiro atoms. The van der Waals surface area contributed by atoms with Crippen molar-refractivity contribution in [2.75, 3.05) is 16.8 Å². The van der Waals surface area contributed by atoms with E-state index >= 15 is 0 Å². The van der Waals surface area contributed by atoms with Crippen LogP contribution in [0.25, 0.3) is 0 Å². The van der Waals surface area contributed by atoms with Crippen LogP contribution >= 0.6 is 0 Å². The number of anilines is 2. The quantitative estimate of drug-likeness (QED) is 0.939. The molecule has 0 atom stereocenters. The van der Waals surface area contributed by atoms with E-state index in [-0.39, 0.29) is 5.41 Å². The molecule has 1 saturated carbocycles. The fourth-order valence-electron chi connectivity index (χ4n) is 3.53. The Bertz CT molecular complexity index is 734. The zero-order valence-corrected chi connectivity index (χ0v) is 14.1. The highest BCUT2D eigenvalue weighted by Crippen LogP contribution is 2.35. The molecule has 2 heterocycles. The lowest BCUT2D eigenvalue weighted by molar-refractivity contribution is 0.474. The first-order chi connectivity index (χ1) is 11.0. The molecule has 0 bridgehead atoms. The summed E-state index contributed by atoms with van der Waals surface area (Å²) in [6.07, 6.45) is 2.50. The van der Waals surface area contributed by atoms with Crippen molar-refractivity contribution in [2.45, 2.75) is 51.6 Å². The fraction of sp³-hybridized carbons (Fsp3) is 0.474. The molecule has 1 aromatic carbocycles. The van der Waals surface area contributed by atoms with Crippen molar-refractivity contribution >= 4 is 11.6 Å². The van der Waals surface area contributed by atoms with Crippen LogP contribution in [0.2, 0.25) is 0 Å². The van der Waals surface area contributed by atoms with Crippen LogP contribution < -0.4 is 10.2 Å². The Kier molecular flexibility index (Phi) is 3.29. The zero-order valence-electron chi connectivity index (χ0n) is 14.1. The number of benzene rings is 1. The summed E-state index contributed by atoms with van der Waals surface area (Å²) in [5.41, 5.74) is 2.98. The average molecular weight is 308 g/mol. The van der Waals surface area contributed by atoms with Crippen LogP contribution in [0, 0.1) is 6.92 Å². The maximum absolute atomic E-state index is 4.70. The summed E-state index contributed by atoms with van der Waals surface area (Å²) < 4.78 is 0. The summed E-state index contributed by atoms with van der Waals surface area (Å²) in [5, 5.41) is 3.50. The van der Waals surface area contributed by atoms with E-state index in [0.717, 1.165) is 30.5 Å². The first-order valence-electron chi connectivity index (χ1n) is 8.47. The van der Waals surface area contributed by atoms with Gasteiger partial charge in [-0.05, 0) is 30.9 Å². The van der Waals surface area contributed by atoms with E-state index in [0.29, 0.717) is 6.04 Å². The van der Waals surface area contributed by atoms with Crippen LogP contribution in [0.15, 0.2) is 30.3 Å². The molecule has 1 N–H and O–H groups in total. The van der Waals surface area contributed by atoms with Gasteiger partial charge in [0.2, 0.25) is 0 Å². The van der Waals surface area contributed by atoms with Gasteiger partial charge in [-0.15, -0.1) is 0 Å². The molecule has 2 aromatic rings. The van der Waals surface area contributed by atoms with Crippen LogP contribution in [0.1, 0.15) is 43.6 Å². The molecule has 1 aliphatic carbocycles. The highest BCUT2D eigenvalue weighted by atomic mass is 15.2. The predicted molar refractivity (Wildman–Crippen MR) is 93.9 cm³/mol. The van der Waals surface area contributed by atoms with Gasteiger partial charge in [-0.25, -0.2) is 9.97 Å². The van der Waals surface area contributed by atoms with Crippen LogP contribution in [0.5, 0.6) is 0 Å². The summed E-state index contributed by atoms with van der Waals surface area (Å²) in [6, 6.07) is 11.5. The van der Waals surface area contributed by atoms with Gasteiger partial charge >= 0.3 is 0 Å². The van der Waals surface area contributed by atoms with Crippen molar-refractivity contribution in [1.29, 1.82) is 0 Å². The molecule has 4 nitrogen and oxygen atoms in total. The van der Waals surface area contributed by atoms with E-state index in [1.807, 2.05) is 6.92 Å². The van der Waals surface area contributed by atoms with E-state index in [4.69, 9.17) is 4.98 Å². The number of hydrogen-bond donors (Lipinski definition) is 1. The zero-order chi connectivity index (χ0) is 16.0. The third-order valence-corrected chi connectivity index (χ3v) is 4.77. The van der Waals surface area contributed by atoms with Gasteiger partial charge in [-0.2, -0.15) is 0 Å². The topological polar surface area (TPSA) is 41.1 Å². The Labute approximate surface area is 138 Å². The molecule has 23 heavy (non-hydrogen) atoms. The first kappa shape index (κ1) is 14.5. The number of aryl methyl sites for hydroxylation is 1. The minimum Gasteiger partial charge on any atom is -0.367 e. The average Bonchev–Trinajstić information content (AvgIpc) is 3.30. The Balaban J connectivity index is 1.67. The molecule has 4 rings (SSSR count). The molecule has 4 heteroatoms. The van der Waals surface area contributed by atoms with Gasteiger partial charge in [0, 0.05) is 30.6 Å². The molecule has 1 aromatic heterocycles. The van der Waals surface area contributed by atoms with Crippen molar-refractivity contribution in [3.05, 3.63) is 47.3 Å². The number of nitrogens with zero attached hydrogens (tertiary/aromatic N) is 3. The second kappa shape index (κ2) is 5.22. The Morgan fingerprint density at radius 3 is 2.74 bits per heavy atom. The molecule has 1 fully saturated rings. The molecule has 0 unspecified atom stereocenters. The summed E-state index contributed by atoms with van der Waals surface area (Å²) in [6.45, 7) is 8.50. The Hall–Kier alpha value is -2.10. The van der Waals surface area contributed by atoms with Gasteiger partial charge in [0.1, 0.15) is 17.5 Å². The highest BCUT2D eigenvalue weighted by Gasteiger charge is 2.32. The lowest BCUT2D eigenvalue weighted by Gasteiger charge is -2.40. The van der Waals surface area contributed by atoms with Crippen molar-refractivity contribution in [2.24, 2.45) is 0 Å². The number of aromatic nitrogens is 2. The highest BCUT2D eigenvalue weighted by molar-refractivity contribution is 5.53. The minimum absolute atomic E-state index is 0.123. The lowest BCUT2D eigenvalue weighted by atomic mass is 9.78. The van der Waals surface area contributed by atoms with Crippen LogP contribution in [0.4, 0.5) is 11.6 Å². The van der Waals surface area contributed by atoms with E-state index in [1.165, 1.54) is 24.0 Å². The van der Waals surface area contributed by atoms with Crippen molar-refractivity contribution in [3.63, 3.8) is 0 Å². The minimum atomic E-state index is 0.123. The number of hydrogen-bond acceptors (Lipinski definition) is 4. The molecule has 0 radical (unpaired) electrons. The normalized spacial score (nSPS) is 19.3. The maximum atomic E-state index is 4.70. The maximum Gasteiger partial charge on any atom is 0.134 e. The van der Waals surface area contributed by atoms with E-state index in [1.54, 1.807) is 0 Å². The molecule has 120 valence electrons. The van der Waals surface area contributed by atoms with Gasteiger partial charge < -0.3 is 10.2 Å². The molecule has 0 amide bonds. The van der Waals surface area contributed by atoms with Gasteiger partial charge in [-0.1, -0.05) is 38.1 Å². The molecular formula is C19H24N4. The largest absolute Gasteiger partial charge is 0.367 e. The third-order valence-electron chi connectivity index (χ3n) is 4.77. The van der Waals surface area contributed by atoms with Gasteiger partial charge in [0.05, 0.1) is 0 Å². The SMILES string of the molecule is Cc1nc(NC2CC2)cc(N2Cc3ccccc3C(C)(C)C2)n1. The monoisotopic (exact) mass is 308 g/mol. The fourth-order valence-corrected chi connectivity index (χ4v) is 3.53. The number of fused-ring (bicyclic) bond motifs is 1. The third kappa shape index (κ3) is 2.90. The Morgan fingerprint density at radius 1 is 1.17 bits per heavy atom. The molecular weight excluding hydrogens is 284 g/mol. The second-order valence-corrected chi connectivity index (χ2v) is 7.47. The molecule has 1 aliphatic heterocycles. The number of rotatable bonds is 3. The van der Waals surface area contributed by atoms with Crippen LogP contribution in [-0.2, 0) is 12.0 Å². The van der Waals surface area contributed by atoms with Crippen LogP contribution in [-0.4, -0.2) is 22.6 Å². The predicted octanol–water partition coefficient (Wildman–Crippen LogP) is 3.66. The summed E-state index contributed by atoms with van der Waals surface area (Å²) >= 11 is 0. The standard InChI is InChI=1S/C19H24N4/c1-13-20-17(22-15-8-9-15)10-18(21-13)23-11-14-6-4-5-7-16(14)19(2,3)12-23/h4-7,10,15H,8-9,11-12H2,1-3H3,(H,20,21,22). The van der Waals surface area contributed by atoms with Gasteiger partial charge in [-0.3, -0.25) is 0 Å². The smallest absolute Gasteiger partial charge is 0.134 e. The summed E-state index contributed by atoms with van der Waals surface area (Å²) in [5.74, 6) is 2.83. The van der Waals surface area contributed by atoms with Crippen molar-refractivity contribution in [1.82, 2.24) is 9.97 Å². The van der Waals surface area contributed by atoms with E-state index in [9.17, 15) is 0 Å². The van der Waals surface area contributed by atoms with Crippen LogP contribution in [0.3, 0.4) is 0 Å². The second-order valence-electron chi connectivity index (χ2n) is 7.47. The van der Waals surface area contributed by atoms with Crippen molar-refractivity contribution < 1.29 is 0 Å². The molecule has 0 saturated heterocycles. The summed E-state index contributed by atoms with van der Waals surface area (Å²) in [4.78, 5) is 11.6. The first-order valence-corrected chi connectivity index (χ1v) is 8.47. The van der Waals surface area contributed by atoms with Gasteiger partial charge in [0.25, 0.3) is 0 Å². The lowest BCUT2D eigenvalue weighted by Crippen LogP contribution is -2.42. The van der Waals surface area contributed by atoms with Crippen molar-refractivity contribution in [3.8, 4) is 0 Å². The molecule has 2 aliphatic rings. The Morgan fingerprint density at radius 2 is 1.96 bits per heavy atom. The summed E-state index contributed by atoms with van der Waals surface area (Å²) in [7, 11) is 0.